The summed E-state index contributed by atoms with van der Waals surface area (Å²) in [6.07, 6.45) is 11.8. The maximum atomic E-state index is 12.9. The number of rotatable bonds is 28. The van der Waals surface area contributed by atoms with E-state index < -0.39 is 74.2 Å². The molecule has 8 N–H and O–H groups in total. The van der Waals surface area contributed by atoms with E-state index in [0.29, 0.717) is 12.8 Å². The zero-order chi connectivity index (χ0) is 34.2. The summed E-state index contributed by atoms with van der Waals surface area (Å²) in [5, 5.41) is 74.6. The Bertz CT molecular complexity index is 770. The number of nitrogens with one attached hydrogen (secondary N) is 1. The Balaban J connectivity index is 2.56. The van der Waals surface area contributed by atoms with E-state index in [1.54, 1.807) is 0 Å². The molecule has 1 heterocycles. The van der Waals surface area contributed by atoms with E-state index in [1.165, 1.54) is 57.8 Å². The number of carbonyl (C=O) groups is 1. The first-order valence-electron chi connectivity index (χ1n) is 18.1. The van der Waals surface area contributed by atoms with E-state index in [4.69, 9.17) is 9.47 Å². The molecule has 0 spiro atoms. The van der Waals surface area contributed by atoms with Crippen LogP contribution >= 0.6 is 0 Å². The van der Waals surface area contributed by atoms with Gasteiger partial charge in [-0.3, -0.25) is 4.79 Å². The van der Waals surface area contributed by atoms with Crippen molar-refractivity contribution in [1.29, 1.82) is 0 Å². The fourth-order valence-corrected chi connectivity index (χ4v) is 5.68. The number of unbranched alkanes of at least 4 members (excludes halogenated alkanes) is 14. The molecule has 1 amide bonds. The number of ether oxygens (including phenoxy) is 2. The first-order valence-corrected chi connectivity index (χ1v) is 18.1. The summed E-state index contributed by atoms with van der Waals surface area (Å²) in [5.74, 6) is -0.713. The molecule has 0 saturated carbocycles. The third-order valence-corrected chi connectivity index (χ3v) is 8.80. The van der Waals surface area contributed by atoms with Crippen LogP contribution in [0.2, 0.25) is 0 Å². The van der Waals surface area contributed by atoms with Crippen LogP contribution < -0.4 is 5.32 Å². The van der Waals surface area contributed by atoms with Crippen molar-refractivity contribution in [3.63, 3.8) is 0 Å². The summed E-state index contributed by atoms with van der Waals surface area (Å²) >= 11 is 0. The van der Waals surface area contributed by atoms with Crippen LogP contribution in [0.5, 0.6) is 0 Å². The summed E-state index contributed by atoms with van der Waals surface area (Å²) in [6, 6.07) is -1.17. The SMILES string of the molecule is CCC/C=C/CCCC(O)C(O)C(COC1OC(CO)C(O)C(O)C1O)NC(=O)C(O)CCCCCCCCCCCCCCC. The molecule has 1 fully saturated rings. The zero-order valence-electron chi connectivity index (χ0n) is 28.6. The van der Waals surface area contributed by atoms with Gasteiger partial charge in [0.25, 0.3) is 0 Å². The van der Waals surface area contributed by atoms with Gasteiger partial charge >= 0.3 is 0 Å². The molecule has 0 bridgehead atoms. The minimum absolute atomic E-state index is 0.256. The minimum atomic E-state index is -1.66. The number of amides is 1. The summed E-state index contributed by atoms with van der Waals surface area (Å²) in [6.45, 7) is 3.25. The summed E-state index contributed by atoms with van der Waals surface area (Å²) in [7, 11) is 0. The normalized spacial score (nSPS) is 24.6. The van der Waals surface area contributed by atoms with Crippen molar-refractivity contribution in [2.45, 2.75) is 191 Å². The fourth-order valence-electron chi connectivity index (χ4n) is 5.68. The van der Waals surface area contributed by atoms with Gasteiger partial charge in [-0.15, -0.1) is 0 Å². The highest BCUT2D eigenvalue weighted by Gasteiger charge is 2.44. The van der Waals surface area contributed by atoms with Gasteiger partial charge in [0.05, 0.1) is 25.4 Å². The molecule has 0 aromatic rings. The van der Waals surface area contributed by atoms with Gasteiger partial charge in [0.1, 0.15) is 36.6 Å². The van der Waals surface area contributed by atoms with Crippen LogP contribution in [0.1, 0.15) is 136 Å². The highest BCUT2D eigenvalue weighted by Crippen LogP contribution is 2.23. The Morgan fingerprint density at radius 1 is 0.739 bits per heavy atom. The molecule has 0 radical (unpaired) electrons. The molecule has 9 unspecified atom stereocenters. The Labute approximate surface area is 277 Å². The Hall–Kier alpha value is -1.15. The third-order valence-electron chi connectivity index (χ3n) is 8.80. The molecular formula is C35H67NO10. The van der Waals surface area contributed by atoms with Crippen molar-refractivity contribution in [3.8, 4) is 0 Å². The van der Waals surface area contributed by atoms with Crippen LogP contribution in [-0.2, 0) is 14.3 Å². The molecular weight excluding hydrogens is 594 g/mol. The Morgan fingerprint density at radius 2 is 1.30 bits per heavy atom. The average molecular weight is 662 g/mol. The third kappa shape index (κ3) is 17.8. The molecule has 0 aliphatic carbocycles. The standard InChI is InChI=1S/C35H67NO10/c1-3-5-7-9-11-12-13-14-15-16-17-19-21-23-28(39)34(44)36-26(30(40)27(38)22-20-18-10-8-6-4-2)25-45-35-33(43)32(42)31(41)29(24-37)46-35/h8,10,26-33,35,37-43H,3-7,9,11-25H2,1-2H3,(H,36,44)/b10-8+. The fraction of sp³-hybridized carbons (Fsp3) is 0.914. The molecule has 9 atom stereocenters. The Morgan fingerprint density at radius 3 is 1.87 bits per heavy atom. The first kappa shape index (κ1) is 42.9. The van der Waals surface area contributed by atoms with Crippen molar-refractivity contribution < 1.29 is 50.0 Å². The molecule has 11 nitrogen and oxygen atoms in total. The zero-order valence-corrected chi connectivity index (χ0v) is 28.6. The minimum Gasteiger partial charge on any atom is -0.394 e. The van der Waals surface area contributed by atoms with E-state index in [9.17, 15) is 40.5 Å². The van der Waals surface area contributed by atoms with E-state index in [0.717, 1.165) is 38.5 Å². The number of aliphatic hydroxyl groups excluding tert-OH is 7. The second kappa shape index (κ2) is 26.8. The van der Waals surface area contributed by atoms with Gasteiger partial charge in [-0.1, -0.05) is 116 Å². The van der Waals surface area contributed by atoms with Crippen LogP contribution in [0, 0.1) is 0 Å². The van der Waals surface area contributed by atoms with Gasteiger partial charge in [-0.05, 0) is 32.1 Å². The van der Waals surface area contributed by atoms with Crippen molar-refractivity contribution in [3.05, 3.63) is 12.2 Å². The van der Waals surface area contributed by atoms with Gasteiger partial charge in [0, 0.05) is 0 Å². The molecule has 46 heavy (non-hydrogen) atoms. The van der Waals surface area contributed by atoms with Gasteiger partial charge in [-0.2, -0.15) is 0 Å². The molecule has 272 valence electrons. The van der Waals surface area contributed by atoms with Crippen LogP contribution in [0.4, 0.5) is 0 Å². The maximum absolute atomic E-state index is 12.9. The maximum Gasteiger partial charge on any atom is 0.249 e. The lowest BCUT2D eigenvalue weighted by Crippen LogP contribution is -2.60. The number of allylic oxidation sites excluding steroid dienone is 2. The van der Waals surface area contributed by atoms with Crippen molar-refractivity contribution in [2.75, 3.05) is 13.2 Å². The average Bonchev–Trinajstić information content (AvgIpc) is 3.05. The summed E-state index contributed by atoms with van der Waals surface area (Å²) in [4.78, 5) is 12.9. The Kier molecular flexibility index (Phi) is 24.9. The van der Waals surface area contributed by atoms with Crippen LogP contribution in [0.15, 0.2) is 12.2 Å². The highest BCUT2D eigenvalue weighted by molar-refractivity contribution is 5.80. The van der Waals surface area contributed by atoms with E-state index >= 15 is 0 Å². The number of carbonyl (C=O) groups excluding carboxylic acids is 1. The molecule has 1 aliphatic heterocycles. The van der Waals surface area contributed by atoms with E-state index in [-0.39, 0.29) is 12.8 Å². The second-order valence-corrected chi connectivity index (χ2v) is 12.9. The molecule has 0 aromatic heterocycles. The molecule has 11 heteroatoms. The molecule has 1 saturated heterocycles. The van der Waals surface area contributed by atoms with Gasteiger partial charge in [0.2, 0.25) is 5.91 Å². The molecule has 1 rings (SSSR count). The smallest absolute Gasteiger partial charge is 0.249 e. The van der Waals surface area contributed by atoms with Crippen LogP contribution in [0.3, 0.4) is 0 Å². The summed E-state index contributed by atoms with van der Waals surface area (Å²) < 4.78 is 10.9. The first-order chi connectivity index (χ1) is 22.2. The lowest BCUT2D eigenvalue weighted by molar-refractivity contribution is -0.303. The quantitative estimate of drug-likeness (QED) is 0.0456. The predicted molar refractivity (Wildman–Crippen MR) is 178 cm³/mol. The highest BCUT2D eigenvalue weighted by atomic mass is 16.7. The number of hydrogen-bond donors (Lipinski definition) is 8. The van der Waals surface area contributed by atoms with Gasteiger partial charge in [0.15, 0.2) is 6.29 Å². The van der Waals surface area contributed by atoms with Gasteiger partial charge in [-0.25, -0.2) is 0 Å². The number of aliphatic hydroxyl groups is 7. The second-order valence-electron chi connectivity index (χ2n) is 12.9. The number of hydrogen-bond acceptors (Lipinski definition) is 10. The summed E-state index contributed by atoms with van der Waals surface area (Å²) in [5.41, 5.74) is 0. The van der Waals surface area contributed by atoms with Crippen molar-refractivity contribution in [1.82, 2.24) is 5.32 Å². The lowest BCUT2D eigenvalue weighted by atomic mass is 9.98. The lowest BCUT2D eigenvalue weighted by Gasteiger charge is -2.40. The van der Waals surface area contributed by atoms with Gasteiger partial charge < -0.3 is 50.5 Å². The van der Waals surface area contributed by atoms with Crippen LogP contribution in [-0.4, -0.2) is 110 Å². The molecule has 0 aromatic carbocycles. The van der Waals surface area contributed by atoms with Crippen molar-refractivity contribution in [2.24, 2.45) is 0 Å². The topological polar surface area (TPSA) is 189 Å². The monoisotopic (exact) mass is 661 g/mol. The largest absolute Gasteiger partial charge is 0.394 e. The molecule has 1 aliphatic rings. The van der Waals surface area contributed by atoms with E-state index in [1.807, 2.05) is 6.08 Å². The van der Waals surface area contributed by atoms with E-state index in [2.05, 4.69) is 25.2 Å². The van der Waals surface area contributed by atoms with Crippen LogP contribution in [0.25, 0.3) is 0 Å². The predicted octanol–water partition coefficient (Wildman–Crippen LogP) is 3.38. The van der Waals surface area contributed by atoms with Crippen molar-refractivity contribution >= 4 is 5.91 Å².